The van der Waals surface area contributed by atoms with Crippen LogP contribution in [0.5, 0.6) is 0 Å². The predicted molar refractivity (Wildman–Crippen MR) is 75.7 cm³/mol. The van der Waals surface area contributed by atoms with Crippen LogP contribution < -0.4 is 11.3 Å². The number of aryl methyl sites for hydroxylation is 1. The minimum atomic E-state index is -0.116. The lowest BCUT2D eigenvalue weighted by Crippen LogP contribution is -2.30. The minimum Gasteiger partial charge on any atom is -0.273 e. The van der Waals surface area contributed by atoms with E-state index in [1.807, 2.05) is 17.1 Å². The van der Waals surface area contributed by atoms with Gasteiger partial charge in [-0.1, -0.05) is 25.3 Å². The fraction of sp³-hybridized carbons (Fsp3) is 0.583. The fourth-order valence-corrected chi connectivity index (χ4v) is 2.89. The highest BCUT2D eigenvalue weighted by Crippen LogP contribution is 2.33. The highest BCUT2D eigenvalue weighted by molar-refractivity contribution is 7.05. The number of aromatic nitrogens is 4. The van der Waals surface area contributed by atoms with Gasteiger partial charge >= 0.3 is 0 Å². The van der Waals surface area contributed by atoms with E-state index in [0.29, 0.717) is 0 Å². The summed E-state index contributed by atoms with van der Waals surface area (Å²) in [6.07, 6.45) is 3.83. The summed E-state index contributed by atoms with van der Waals surface area (Å²) in [4.78, 5) is 1.05. The first-order valence-corrected chi connectivity index (χ1v) is 7.06. The van der Waals surface area contributed by atoms with Crippen LogP contribution in [0.1, 0.15) is 49.9 Å². The van der Waals surface area contributed by atoms with Crippen molar-refractivity contribution in [1.82, 2.24) is 24.8 Å². The highest BCUT2D eigenvalue weighted by Gasteiger charge is 2.28. The van der Waals surface area contributed by atoms with Crippen LogP contribution in [0.3, 0.4) is 0 Å². The van der Waals surface area contributed by atoms with Crippen LogP contribution in [0.4, 0.5) is 0 Å². The van der Waals surface area contributed by atoms with Gasteiger partial charge in [-0.15, -0.1) is 5.10 Å². The molecule has 0 bridgehead atoms. The normalized spacial score (nSPS) is 13.7. The molecular weight excluding hydrogens is 260 g/mol. The second-order valence-corrected chi connectivity index (χ2v) is 6.25. The number of rotatable bonds is 4. The lowest BCUT2D eigenvalue weighted by Gasteiger charge is -2.20. The second kappa shape index (κ2) is 5.36. The summed E-state index contributed by atoms with van der Waals surface area (Å²) in [5, 5.41) is 8.54. The van der Waals surface area contributed by atoms with E-state index in [4.69, 9.17) is 5.84 Å². The summed E-state index contributed by atoms with van der Waals surface area (Å²) in [5.41, 5.74) is 4.80. The highest BCUT2D eigenvalue weighted by atomic mass is 32.1. The van der Waals surface area contributed by atoms with Gasteiger partial charge in [0.15, 0.2) is 0 Å². The summed E-state index contributed by atoms with van der Waals surface area (Å²) in [6, 6.07) is -0.116. The number of hydrogen-bond acceptors (Lipinski definition) is 6. The lowest BCUT2D eigenvalue weighted by molar-refractivity contribution is 0.543. The van der Waals surface area contributed by atoms with Crippen molar-refractivity contribution in [2.45, 2.75) is 45.7 Å². The zero-order valence-corrected chi connectivity index (χ0v) is 12.5. The molecule has 0 aliphatic heterocycles. The zero-order chi connectivity index (χ0) is 14.0. The van der Waals surface area contributed by atoms with Crippen molar-refractivity contribution >= 4 is 11.5 Å². The van der Waals surface area contributed by atoms with Crippen molar-refractivity contribution < 1.29 is 0 Å². The second-order valence-electron chi connectivity index (χ2n) is 5.46. The van der Waals surface area contributed by atoms with E-state index in [2.05, 4.69) is 47.8 Å². The van der Waals surface area contributed by atoms with Crippen molar-refractivity contribution in [3.8, 4) is 0 Å². The first kappa shape index (κ1) is 14.1. The van der Waals surface area contributed by atoms with E-state index in [1.54, 1.807) is 0 Å². The monoisotopic (exact) mass is 280 g/mol. The third-order valence-corrected chi connectivity index (χ3v) is 3.75. The molecule has 0 aromatic carbocycles. The molecule has 0 radical (unpaired) electrons. The molecule has 2 aromatic heterocycles. The van der Waals surface area contributed by atoms with Gasteiger partial charge in [-0.05, 0) is 18.5 Å². The van der Waals surface area contributed by atoms with Crippen LogP contribution in [0.25, 0.3) is 0 Å². The van der Waals surface area contributed by atoms with Gasteiger partial charge in [0.05, 0.1) is 22.8 Å². The van der Waals surface area contributed by atoms with Gasteiger partial charge < -0.3 is 0 Å². The van der Waals surface area contributed by atoms with E-state index in [1.165, 1.54) is 11.5 Å². The summed E-state index contributed by atoms with van der Waals surface area (Å²) in [6.45, 7) is 9.25. The third-order valence-electron chi connectivity index (χ3n) is 2.96. The Balaban J connectivity index is 2.40. The molecule has 2 heterocycles. The van der Waals surface area contributed by atoms with Crippen molar-refractivity contribution in [2.75, 3.05) is 0 Å². The van der Waals surface area contributed by atoms with E-state index in [0.717, 1.165) is 22.7 Å². The summed E-state index contributed by atoms with van der Waals surface area (Å²) in [7, 11) is 0. The van der Waals surface area contributed by atoms with Crippen molar-refractivity contribution in [3.63, 3.8) is 0 Å². The van der Waals surface area contributed by atoms with Crippen LogP contribution in [0, 0.1) is 0 Å². The summed E-state index contributed by atoms with van der Waals surface area (Å²) in [5.74, 6) is 5.72. The van der Waals surface area contributed by atoms with E-state index in [-0.39, 0.29) is 11.5 Å². The standard InChI is InChI=1S/C12H20N6S/c1-5-18-7-8(6-14-18)9(15-13)10-11(12(2,3)4)16-17-19-10/h6-7,9,15H,5,13H2,1-4H3. The molecule has 3 N–H and O–H groups in total. The molecule has 1 atom stereocenters. The maximum absolute atomic E-state index is 5.72. The molecule has 1 unspecified atom stereocenters. The maximum atomic E-state index is 5.72. The Hall–Kier alpha value is -1.31. The number of nitrogens with two attached hydrogens (primary N) is 1. The van der Waals surface area contributed by atoms with Gasteiger partial charge in [-0.25, -0.2) is 5.43 Å². The smallest absolute Gasteiger partial charge is 0.0868 e. The first-order chi connectivity index (χ1) is 8.97. The molecule has 0 amide bonds. The van der Waals surface area contributed by atoms with Gasteiger partial charge in [0.25, 0.3) is 0 Å². The molecular formula is C12H20N6S. The van der Waals surface area contributed by atoms with Gasteiger partial charge in [0.2, 0.25) is 0 Å². The Morgan fingerprint density at radius 1 is 1.47 bits per heavy atom. The molecule has 0 aliphatic carbocycles. The van der Waals surface area contributed by atoms with Crippen LogP contribution in [0.2, 0.25) is 0 Å². The van der Waals surface area contributed by atoms with Crippen LogP contribution in [-0.4, -0.2) is 19.4 Å². The van der Waals surface area contributed by atoms with E-state index >= 15 is 0 Å². The number of hydrogen-bond donors (Lipinski definition) is 2. The SMILES string of the molecule is CCn1cc(C(NN)c2snnc2C(C)(C)C)cn1. The van der Waals surface area contributed by atoms with Crippen molar-refractivity contribution in [2.24, 2.45) is 5.84 Å². The first-order valence-electron chi connectivity index (χ1n) is 6.28. The quantitative estimate of drug-likeness (QED) is 0.657. The Bertz CT molecular complexity index is 538. The van der Waals surface area contributed by atoms with Crippen LogP contribution >= 0.6 is 11.5 Å². The predicted octanol–water partition coefficient (Wildman–Crippen LogP) is 1.60. The van der Waals surface area contributed by atoms with Gasteiger partial charge in [-0.2, -0.15) is 5.10 Å². The molecule has 104 valence electrons. The van der Waals surface area contributed by atoms with Crippen molar-refractivity contribution in [1.29, 1.82) is 0 Å². The Morgan fingerprint density at radius 3 is 2.74 bits per heavy atom. The zero-order valence-electron chi connectivity index (χ0n) is 11.7. The molecule has 2 aromatic rings. The third kappa shape index (κ3) is 2.83. The molecule has 0 saturated heterocycles. The molecule has 2 rings (SSSR count). The Labute approximate surface area is 117 Å². The summed E-state index contributed by atoms with van der Waals surface area (Å²) >= 11 is 1.38. The van der Waals surface area contributed by atoms with E-state index in [9.17, 15) is 0 Å². The number of hydrazine groups is 1. The van der Waals surface area contributed by atoms with Gasteiger partial charge in [0.1, 0.15) is 0 Å². The fourth-order valence-electron chi connectivity index (χ4n) is 1.93. The molecule has 6 nitrogen and oxygen atoms in total. The van der Waals surface area contributed by atoms with E-state index < -0.39 is 0 Å². The minimum absolute atomic E-state index is 0.0574. The molecule has 19 heavy (non-hydrogen) atoms. The Morgan fingerprint density at radius 2 is 2.21 bits per heavy atom. The maximum Gasteiger partial charge on any atom is 0.0868 e. The Kier molecular flexibility index (Phi) is 3.98. The molecule has 0 fully saturated rings. The van der Waals surface area contributed by atoms with Gasteiger partial charge in [-0.3, -0.25) is 10.5 Å². The van der Waals surface area contributed by atoms with Gasteiger partial charge in [0, 0.05) is 23.7 Å². The van der Waals surface area contributed by atoms with Crippen LogP contribution in [0.15, 0.2) is 12.4 Å². The summed E-state index contributed by atoms with van der Waals surface area (Å²) < 4.78 is 5.96. The number of nitrogens with zero attached hydrogens (tertiary/aromatic N) is 4. The molecule has 0 aliphatic rings. The molecule has 0 spiro atoms. The molecule has 0 saturated carbocycles. The lowest BCUT2D eigenvalue weighted by atomic mass is 9.89. The largest absolute Gasteiger partial charge is 0.273 e. The topological polar surface area (TPSA) is 81.7 Å². The van der Waals surface area contributed by atoms with Crippen molar-refractivity contribution in [3.05, 3.63) is 28.5 Å². The average molecular weight is 280 g/mol. The van der Waals surface area contributed by atoms with Crippen LogP contribution in [-0.2, 0) is 12.0 Å². The molecule has 7 heteroatoms. The number of nitrogens with one attached hydrogen (secondary N) is 1. The average Bonchev–Trinajstić information content (AvgIpc) is 2.97.